The van der Waals surface area contributed by atoms with Crippen LogP contribution < -0.4 is 4.90 Å². The lowest BCUT2D eigenvalue weighted by molar-refractivity contribution is 0.669. The lowest BCUT2D eigenvalue weighted by Gasteiger charge is -2.28. The van der Waals surface area contributed by atoms with Gasteiger partial charge in [-0.1, -0.05) is 152 Å². The van der Waals surface area contributed by atoms with Crippen LogP contribution in [0.25, 0.3) is 95.7 Å². The molecular formula is C54H33NOS2. The number of nitrogens with zero attached hydrogens (tertiary/aromatic N) is 1. The third kappa shape index (κ3) is 5.30. The maximum Gasteiger partial charge on any atom is 0.138 e. The first-order valence-corrected chi connectivity index (χ1v) is 21.2. The molecule has 0 radical (unpaired) electrons. The molecule has 272 valence electrons. The van der Waals surface area contributed by atoms with Crippen LogP contribution in [0.5, 0.6) is 0 Å². The summed E-state index contributed by atoms with van der Waals surface area (Å²) in [6, 6.07) is 72.7. The largest absolute Gasteiger partial charge is 0.456 e. The SMILES string of the molecule is c1ccc(-c2cc(N(c3ccc4c(c3)sc3ccccc34)c3ccc(-c4ccccc4)c4sc5cc(-c6ccccc6)ccc5c34)c3c(c2)oc2ccccc23)cc1. The second-order valence-electron chi connectivity index (χ2n) is 14.8. The molecule has 12 aromatic rings. The number of thiophene rings is 2. The summed E-state index contributed by atoms with van der Waals surface area (Å²) < 4.78 is 11.8. The van der Waals surface area contributed by atoms with E-state index in [1.165, 1.54) is 62.6 Å². The Morgan fingerprint density at radius 2 is 0.983 bits per heavy atom. The third-order valence-corrected chi connectivity index (χ3v) is 13.8. The summed E-state index contributed by atoms with van der Waals surface area (Å²) in [5, 5.41) is 7.25. The van der Waals surface area contributed by atoms with Gasteiger partial charge in [0.15, 0.2) is 0 Å². The van der Waals surface area contributed by atoms with Crippen molar-refractivity contribution in [3.63, 3.8) is 0 Å². The Balaban J connectivity index is 1.21. The van der Waals surface area contributed by atoms with Crippen LogP contribution in [0.4, 0.5) is 17.1 Å². The van der Waals surface area contributed by atoms with E-state index in [0.29, 0.717) is 0 Å². The van der Waals surface area contributed by atoms with Gasteiger partial charge in [0.2, 0.25) is 0 Å². The molecule has 58 heavy (non-hydrogen) atoms. The van der Waals surface area contributed by atoms with Gasteiger partial charge in [0.05, 0.1) is 16.8 Å². The molecule has 0 N–H and O–H groups in total. The minimum Gasteiger partial charge on any atom is -0.456 e. The molecule has 0 saturated heterocycles. The van der Waals surface area contributed by atoms with Gasteiger partial charge < -0.3 is 9.32 Å². The molecule has 3 aromatic heterocycles. The minimum absolute atomic E-state index is 0.866. The number of rotatable bonds is 6. The predicted molar refractivity (Wildman–Crippen MR) is 250 cm³/mol. The molecule has 0 spiro atoms. The fourth-order valence-corrected chi connectivity index (χ4v) is 11.2. The highest BCUT2D eigenvalue weighted by Gasteiger charge is 2.26. The quantitative estimate of drug-likeness (QED) is 0.167. The molecule has 0 bridgehead atoms. The summed E-state index contributed by atoms with van der Waals surface area (Å²) in [7, 11) is 0. The van der Waals surface area contributed by atoms with Crippen LogP contribution in [-0.2, 0) is 0 Å². The molecule has 0 amide bonds. The molecule has 3 heterocycles. The molecule has 0 atom stereocenters. The van der Waals surface area contributed by atoms with Gasteiger partial charge in [0, 0.05) is 51.4 Å². The number of hydrogen-bond acceptors (Lipinski definition) is 4. The van der Waals surface area contributed by atoms with E-state index in [1.807, 2.05) is 22.7 Å². The van der Waals surface area contributed by atoms with Crippen LogP contribution in [-0.4, -0.2) is 0 Å². The van der Waals surface area contributed by atoms with E-state index >= 15 is 0 Å². The van der Waals surface area contributed by atoms with Crippen molar-refractivity contribution in [2.75, 3.05) is 4.90 Å². The summed E-state index contributed by atoms with van der Waals surface area (Å²) in [6.45, 7) is 0. The normalized spacial score (nSPS) is 11.8. The number of anilines is 3. The molecule has 0 fully saturated rings. The van der Waals surface area contributed by atoms with Crippen LogP contribution in [0.15, 0.2) is 205 Å². The van der Waals surface area contributed by atoms with Crippen molar-refractivity contribution in [3.05, 3.63) is 200 Å². The smallest absolute Gasteiger partial charge is 0.138 e. The molecular weight excluding hydrogens is 743 g/mol. The average Bonchev–Trinajstić information content (AvgIpc) is 3.98. The van der Waals surface area contributed by atoms with Gasteiger partial charge in [-0.3, -0.25) is 0 Å². The van der Waals surface area contributed by atoms with Gasteiger partial charge in [-0.25, -0.2) is 0 Å². The lowest BCUT2D eigenvalue weighted by Crippen LogP contribution is -2.11. The zero-order valence-electron chi connectivity index (χ0n) is 31.2. The van der Waals surface area contributed by atoms with Crippen LogP contribution >= 0.6 is 22.7 Å². The fourth-order valence-electron chi connectivity index (χ4n) is 8.77. The maximum absolute atomic E-state index is 6.74. The van der Waals surface area contributed by atoms with E-state index in [9.17, 15) is 0 Å². The van der Waals surface area contributed by atoms with Crippen molar-refractivity contribution >= 4 is 102 Å². The van der Waals surface area contributed by atoms with Gasteiger partial charge in [-0.15, -0.1) is 22.7 Å². The second kappa shape index (κ2) is 13.3. The number of benzene rings is 9. The van der Waals surface area contributed by atoms with Crippen molar-refractivity contribution in [1.82, 2.24) is 0 Å². The molecule has 0 saturated carbocycles. The molecule has 12 rings (SSSR count). The molecule has 9 aromatic carbocycles. The van der Waals surface area contributed by atoms with Gasteiger partial charge in [-0.05, 0) is 81.9 Å². The molecule has 2 nitrogen and oxygen atoms in total. The zero-order valence-corrected chi connectivity index (χ0v) is 32.9. The van der Waals surface area contributed by atoms with Crippen molar-refractivity contribution in [3.8, 4) is 33.4 Å². The van der Waals surface area contributed by atoms with E-state index < -0.39 is 0 Å². The Labute approximate surface area is 343 Å². The number of furan rings is 1. The first kappa shape index (κ1) is 33.2. The van der Waals surface area contributed by atoms with Crippen molar-refractivity contribution in [2.24, 2.45) is 0 Å². The molecule has 0 aliphatic rings. The lowest BCUT2D eigenvalue weighted by atomic mass is 9.97. The molecule has 0 aliphatic carbocycles. The Kier molecular flexibility index (Phi) is 7.62. The number of fused-ring (bicyclic) bond motifs is 9. The Morgan fingerprint density at radius 3 is 1.78 bits per heavy atom. The summed E-state index contributed by atoms with van der Waals surface area (Å²) in [5.41, 5.74) is 12.2. The molecule has 0 aliphatic heterocycles. The highest BCUT2D eigenvalue weighted by molar-refractivity contribution is 7.26. The highest BCUT2D eigenvalue weighted by atomic mass is 32.1. The summed E-state index contributed by atoms with van der Waals surface area (Å²) in [5.74, 6) is 0. The van der Waals surface area contributed by atoms with Crippen molar-refractivity contribution < 1.29 is 4.42 Å². The maximum atomic E-state index is 6.74. The first-order valence-electron chi connectivity index (χ1n) is 19.6. The van der Waals surface area contributed by atoms with Crippen molar-refractivity contribution in [2.45, 2.75) is 0 Å². The Bertz CT molecular complexity index is 3510. The Hall–Kier alpha value is -6.98. The monoisotopic (exact) mass is 775 g/mol. The van der Waals surface area contributed by atoms with E-state index in [1.54, 1.807) is 0 Å². The van der Waals surface area contributed by atoms with E-state index in [0.717, 1.165) is 50.1 Å². The topological polar surface area (TPSA) is 16.4 Å². The number of para-hydroxylation sites is 1. The van der Waals surface area contributed by atoms with Gasteiger partial charge in [0.1, 0.15) is 11.2 Å². The summed E-state index contributed by atoms with van der Waals surface area (Å²) >= 11 is 3.74. The molecule has 4 heteroatoms. The van der Waals surface area contributed by atoms with Crippen LogP contribution in [0.3, 0.4) is 0 Å². The number of hydrogen-bond donors (Lipinski definition) is 0. The van der Waals surface area contributed by atoms with Gasteiger partial charge in [0.25, 0.3) is 0 Å². The molecule has 0 unspecified atom stereocenters. The standard InChI is InChI=1S/C54H33NOS2/c1-4-14-34(15-5-1)37-24-26-44-50(32-37)58-54-40(36-18-8-3-9-19-36)28-29-45(53(44)54)55(39-25-27-42-41-20-11-13-23-49(41)57-51(42)33-39)46-30-38(35-16-6-2-7-17-35)31-48-52(46)43-21-10-12-22-47(43)56-48/h1-33H. The first-order chi connectivity index (χ1) is 28.7. The van der Waals surface area contributed by atoms with E-state index in [4.69, 9.17) is 4.42 Å². The van der Waals surface area contributed by atoms with Crippen LogP contribution in [0.1, 0.15) is 0 Å². The van der Waals surface area contributed by atoms with Gasteiger partial charge >= 0.3 is 0 Å². The van der Waals surface area contributed by atoms with Crippen molar-refractivity contribution in [1.29, 1.82) is 0 Å². The van der Waals surface area contributed by atoms with Crippen LogP contribution in [0, 0.1) is 0 Å². The average molecular weight is 776 g/mol. The Morgan fingerprint density at radius 1 is 0.345 bits per heavy atom. The third-order valence-electron chi connectivity index (χ3n) is 11.5. The summed E-state index contributed by atoms with van der Waals surface area (Å²) in [6.07, 6.45) is 0. The fraction of sp³-hybridized carbons (Fsp3) is 0. The van der Waals surface area contributed by atoms with Crippen LogP contribution in [0.2, 0.25) is 0 Å². The summed E-state index contributed by atoms with van der Waals surface area (Å²) in [4.78, 5) is 2.51. The van der Waals surface area contributed by atoms with E-state index in [2.05, 4.69) is 205 Å². The second-order valence-corrected chi connectivity index (χ2v) is 17.0. The van der Waals surface area contributed by atoms with Gasteiger partial charge in [-0.2, -0.15) is 0 Å². The predicted octanol–water partition coefficient (Wildman–Crippen LogP) is 16.8. The highest BCUT2D eigenvalue weighted by Crippen LogP contribution is 2.52. The zero-order chi connectivity index (χ0) is 38.2. The van der Waals surface area contributed by atoms with E-state index in [-0.39, 0.29) is 0 Å². The minimum atomic E-state index is 0.866.